The molecular weight excluding hydrogens is 224 g/mol. The monoisotopic (exact) mass is 248 g/mol. The topological polar surface area (TPSA) is 55.1 Å². The van der Waals surface area contributed by atoms with E-state index in [1.165, 1.54) is 32.1 Å². The Kier molecular flexibility index (Phi) is 6.26. The molecule has 0 bridgehead atoms. The van der Waals surface area contributed by atoms with Crippen LogP contribution in [0.15, 0.2) is 18.2 Å². The summed E-state index contributed by atoms with van der Waals surface area (Å²) in [6.07, 6.45) is 6.39. The summed E-state index contributed by atoms with van der Waals surface area (Å²) in [7, 11) is 0. The number of carbonyl (C=O) groups excluding carboxylic acids is 1. The van der Waals surface area contributed by atoms with Gasteiger partial charge in [-0.3, -0.25) is 4.79 Å². The van der Waals surface area contributed by atoms with Gasteiger partial charge >= 0.3 is 0 Å². The number of rotatable bonds is 8. The SMILES string of the molecule is CCCCCCCNc1ccc(C(N)=O)cc1C. The van der Waals surface area contributed by atoms with E-state index in [4.69, 9.17) is 5.73 Å². The van der Waals surface area contributed by atoms with Crippen molar-refractivity contribution in [3.8, 4) is 0 Å². The zero-order valence-corrected chi connectivity index (χ0v) is 11.5. The second-order valence-electron chi connectivity index (χ2n) is 4.73. The maximum Gasteiger partial charge on any atom is 0.248 e. The van der Waals surface area contributed by atoms with E-state index in [2.05, 4.69) is 12.2 Å². The molecule has 0 fully saturated rings. The van der Waals surface area contributed by atoms with Crippen molar-refractivity contribution in [2.45, 2.75) is 46.0 Å². The molecule has 0 aliphatic heterocycles. The third kappa shape index (κ3) is 4.78. The quantitative estimate of drug-likeness (QED) is 0.692. The lowest BCUT2D eigenvalue weighted by atomic mass is 10.1. The highest BCUT2D eigenvalue weighted by Crippen LogP contribution is 2.16. The number of benzene rings is 1. The first kappa shape index (κ1) is 14.6. The van der Waals surface area contributed by atoms with Crippen molar-refractivity contribution >= 4 is 11.6 Å². The van der Waals surface area contributed by atoms with Gasteiger partial charge in [-0.1, -0.05) is 32.6 Å². The van der Waals surface area contributed by atoms with Gasteiger partial charge in [0.05, 0.1) is 0 Å². The zero-order chi connectivity index (χ0) is 13.4. The first-order valence-electron chi connectivity index (χ1n) is 6.79. The van der Waals surface area contributed by atoms with E-state index in [-0.39, 0.29) is 5.91 Å². The highest BCUT2D eigenvalue weighted by molar-refractivity contribution is 5.93. The molecule has 1 amide bonds. The van der Waals surface area contributed by atoms with Crippen molar-refractivity contribution in [1.29, 1.82) is 0 Å². The first-order chi connectivity index (χ1) is 8.65. The number of nitrogens with two attached hydrogens (primary N) is 1. The summed E-state index contributed by atoms with van der Waals surface area (Å²) < 4.78 is 0. The van der Waals surface area contributed by atoms with E-state index in [9.17, 15) is 4.79 Å². The van der Waals surface area contributed by atoms with Gasteiger partial charge in [0.25, 0.3) is 0 Å². The molecule has 1 aromatic carbocycles. The molecule has 0 heterocycles. The summed E-state index contributed by atoms with van der Waals surface area (Å²) >= 11 is 0. The summed E-state index contributed by atoms with van der Waals surface area (Å²) in [6.45, 7) is 5.20. The molecule has 0 aromatic heterocycles. The fourth-order valence-corrected chi connectivity index (χ4v) is 1.97. The molecule has 0 aliphatic rings. The van der Waals surface area contributed by atoms with E-state index in [0.29, 0.717) is 5.56 Å². The number of aryl methyl sites for hydroxylation is 1. The number of unbranched alkanes of at least 4 members (excludes halogenated alkanes) is 4. The minimum Gasteiger partial charge on any atom is -0.385 e. The largest absolute Gasteiger partial charge is 0.385 e. The Labute approximate surface area is 110 Å². The van der Waals surface area contributed by atoms with Crippen LogP contribution in [-0.4, -0.2) is 12.5 Å². The van der Waals surface area contributed by atoms with E-state index in [0.717, 1.165) is 17.8 Å². The van der Waals surface area contributed by atoms with Crippen LogP contribution in [0.5, 0.6) is 0 Å². The lowest BCUT2D eigenvalue weighted by Gasteiger charge is -2.10. The third-order valence-corrected chi connectivity index (χ3v) is 3.11. The number of carbonyl (C=O) groups is 1. The van der Waals surface area contributed by atoms with Crippen LogP contribution in [0.3, 0.4) is 0 Å². The maximum absolute atomic E-state index is 11.0. The van der Waals surface area contributed by atoms with Crippen LogP contribution in [-0.2, 0) is 0 Å². The van der Waals surface area contributed by atoms with Crippen LogP contribution >= 0.6 is 0 Å². The fraction of sp³-hybridized carbons (Fsp3) is 0.533. The van der Waals surface area contributed by atoms with Gasteiger partial charge in [0.2, 0.25) is 5.91 Å². The molecule has 0 spiro atoms. The van der Waals surface area contributed by atoms with E-state index in [1.54, 1.807) is 6.07 Å². The van der Waals surface area contributed by atoms with Gasteiger partial charge in [-0.25, -0.2) is 0 Å². The van der Waals surface area contributed by atoms with Crippen LogP contribution in [0.1, 0.15) is 54.9 Å². The van der Waals surface area contributed by atoms with E-state index < -0.39 is 0 Å². The van der Waals surface area contributed by atoms with Crippen LogP contribution in [0.4, 0.5) is 5.69 Å². The second kappa shape index (κ2) is 7.75. The highest BCUT2D eigenvalue weighted by atomic mass is 16.1. The summed E-state index contributed by atoms with van der Waals surface area (Å²) in [5, 5.41) is 3.40. The summed E-state index contributed by atoms with van der Waals surface area (Å²) in [5.41, 5.74) is 7.97. The summed E-state index contributed by atoms with van der Waals surface area (Å²) in [6, 6.07) is 5.54. The molecule has 1 rings (SSSR count). The molecule has 1 aromatic rings. The number of primary amides is 1. The Morgan fingerprint density at radius 3 is 2.56 bits per heavy atom. The van der Waals surface area contributed by atoms with Crippen molar-refractivity contribution in [1.82, 2.24) is 0 Å². The van der Waals surface area contributed by atoms with Crippen LogP contribution < -0.4 is 11.1 Å². The Balaban J connectivity index is 2.36. The fourth-order valence-electron chi connectivity index (χ4n) is 1.97. The van der Waals surface area contributed by atoms with Crippen LogP contribution in [0.2, 0.25) is 0 Å². The molecule has 0 atom stereocenters. The smallest absolute Gasteiger partial charge is 0.248 e. The zero-order valence-electron chi connectivity index (χ0n) is 11.5. The minimum absolute atomic E-state index is 0.371. The van der Waals surface area contributed by atoms with Gasteiger partial charge in [0.1, 0.15) is 0 Å². The standard InChI is InChI=1S/C15H24N2O/c1-3-4-5-6-7-10-17-14-9-8-13(15(16)18)11-12(14)2/h8-9,11,17H,3-7,10H2,1-2H3,(H2,16,18). The molecule has 100 valence electrons. The molecule has 0 saturated heterocycles. The van der Waals surface area contributed by atoms with Gasteiger partial charge in [0.15, 0.2) is 0 Å². The van der Waals surface area contributed by atoms with Gasteiger partial charge in [0, 0.05) is 17.8 Å². The Bertz CT molecular complexity index is 388. The molecule has 3 nitrogen and oxygen atoms in total. The Hall–Kier alpha value is -1.51. The van der Waals surface area contributed by atoms with Gasteiger partial charge in [-0.2, -0.15) is 0 Å². The predicted molar refractivity (Wildman–Crippen MR) is 76.9 cm³/mol. The number of nitrogens with one attached hydrogen (secondary N) is 1. The number of amides is 1. The van der Waals surface area contributed by atoms with Crippen LogP contribution in [0, 0.1) is 6.92 Å². The average molecular weight is 248 g/mol. The molecular formula is C15H24N2O. The Morgan fingerprint density at radius 2 is 1.94 bits per heavy atom. The Morgan fingerprint density at radius 1 is 1.22 bits per heavy atom. The molecule has 0 radical (unpaired) electrons. The highest BCUT2D eigenvalue weighted by Gasteiger charge is 2.03. The van der Waals surface area contributed by atoms with Crippen molar-refractivity contribution < 1.29 is 4.79 Å². The van der Waals surface area contributed by atoms with E-state index >= 15 is 0 Å². The molecule has 0 aliphatic carbocycles. The van der Waals surface area contributed by atoms with Crippen molar-refractivity contribution in [2.75, 3.05) is 11.9 Å². The number of hydrogen-bond donors (Lipinski definition) is 2. The number of hydrogen-bond acceptors (Lipinski definition) is 2. The van der Waals surface area contributed by atoms with Crippen LogP contribution in [0.25, 0.3) is 0 Å². The second-order valence-corrected chi connectivity index (χ2v) is 4.73. The maximum atomic E-state index is 11.0. The summed E-state index contributed by atoms with van der Waals surface area (Å²) in [4.78, 5) is 11.0. The lowest BCUT2D eigenvalue weighted by Crippen LogP contribution is -2.11. The summed E-state index contributed by atoms with van der Waals surface area (Å²) in [5.74, 6) is -0.371. The van der Waals surface area contributed by atoms with Gasteiger partial charge < -0.3 is 11.1 Å². The van der Waals surface area contributed by atoms with Gasteiger partial charge in [-0.05, 0) is 37.1 Å². The van der Waals surface area contributed by atoms with Gasteiger partial charge in [-0.15, -0.1) is 0 Å². The molecule has 0 unspecified atom stereocenters. The van der Waals surface area contributed by atoms with Crippen molar-refractivity contribution in [2.24, 2.45) is 5.73 Å². The molecule has 0 saturated carbocycles. The van der Waals surface area contributed by atoms with Crippen molar-refractivity contribution in [3.63, 3.8) is 0 Å². The first-order valence-corrected chi connectivity index (χ1v) is 6.79. The lowest BCUT2D eigenvalue weighted by molar-refractivity contribution is 0.1000. The molecule has 18 heavy (non-hydrogen) atoms. The molecule has 3 heteroatoms. The normalized spacial score (nSPS) is 10.3. The van der Waals surface area contributed by atoms with Crippen molar-refractivity contribution in [3.05, 3.63) is 29.3 Å². The average Bonchev–Trinajstić information content (AvgIpc) is 2.35. The predicted octanol–water partition coefficient (Wildman–Crippen LogP) is 3.48. The number of anilines is 1. The molecule has 3 N–H and O–H groups in total. The minimum atomic E-state index is -0.371. The third-order valence-electron chi connectivity index (χ3n) is 3.11. The van der Waals surface area contributed by atoms with E-state index in [1.807, 2.05) is 19.1 Å².